The Kier molecular flexibility index (Phi) is 5.66. The Balaban J connectivity index is 1.85. The predicted molar refractivity (Wildman–Crippen MR) is 83.8 cm³/mol. The maximum absolute atomic E-state index is 5.80. The van der Waals surface area contributed by atoms with Gasteiger partial charge in [0, 0.05) is 8.07 Å². The highest BCUT2D eigenvalue weighted by Gasteiger charge is 2.32. The maximum atomic E-state index is 5.80. The Morgan fingerprint density at radius 2 is 1.84 bits per heavy atom. The number of aryl methyl sites for hydroxylation is 1. The lowest BCUT2D eigenvalue weighted by Gasteiger charge is -2.14. The van der Waals surface area contributed by atoms with E-state index in [4.69, 9.17) is 4.84 Å². The van der Waals surface area contributed by atoms with E-state index in [0.29, 0.717) is 0 Å². The second-order valence-corrected chi connectivity index (χ2v) is 7.43. The summed E-state index contributed by atoms with van der Waals surface area (Å²) in [6, 6.07) is 8.38. The molecular weight excluding hydrogens is 253 g/mol. The standard InChI is InChI=1S/C16H26NOP/c1-4-13-8-7-9-16(10-13)18-17-19-11-14(5-2)15(6-3)12-19/h7-10,14-15,17H,4-6,11-12H2,1-3H3. The third kappa shape index (κ3) is 3.94. The van der Waals surface area contributed by atoms with Gasteiger partial charge in [0.1, 0.15) is 5.75 Å². The Morgan fingerprint density at radius 1 is 1.16 bits per heavy atom. The first-order valence-corrected chi connectivity index (χ1v) is 9.24. The summed E-state index contributed by atoms with van der Waals surface area (Å²) in [7, 11) is -0.145. The van der Waals surface area contributed by atoms with Crippen LogP contribution in [0.3, 0.4) is 0 Å². The van der Waals surface area contributed by atoms with E-state index in [-0.39, 0.29) is 8.07 Å². The molecule has 106 valence electrons. The molecule has 3 heteroatoms. The minimum Gasteiger partial charge on any atom is -0.405 e. The molecule has 1 aromatic rings. The second kappa shape index (κ2) is 7.26. The van der Waals surface area contributed by atoms with Crippen LogP contribution >= 0.6 is 8.07 Å². The van der Waals surface area contributed by atoms with Gasteiger partial charge in [-0.15, -0.1) is 5.25 Å². The molecule has 1 aromatic carbocycles. The smallest absolute Gasteiger partial charge is 0.147 e. The van der Waals surface area contributed by atoms with E-state index in [2.05, 4.69) is 44.2 Å². The number of rotatable bonds is 6. The van der Waals surface area contributed by atoms with Gasteiger partial charge in [-0.3, -0.25) is 0 Å². The first-order valence-electron chi connectivity index (χ1n) is 7.53. The summed E-state index contributed by atoms with van der Waals surface area (Å²) >= 11 is 0. The van der Waals surface area contributed by atoms with Crippen molar-refractivity contribution >= 4 is 8.07 Å². The fourth-order valence-electron chi connectivity index (χ4n) is 2.88. The van der Waals surface area contributed by atoms with Crippen LogP contribution in [0.4, 0.5) is 0 Å². The molecule has 0 aliphatic carbocycles. The molecule has 2 unspecified atom stereocenters. The Labute approximate surface area is 118 Å². The lowest BCUT2D eigenvalue weighted by Crippen LogP contribution is -2.13. The molecule has 1 aliphatic heterocycles. The molecule has 0 bridgehead atoms. The van der Waals surface area contributed by atoms with Gasteiger partial charge in [-0.1, -0.05) is 45.7 Å². The molecule has 0 amide bonds. The summed E-state index contributed by atoms with van der Waals surface area (Å²) in [6.07, 6.45) is 6.31. The lowest BCUT2D eigenvalue weighted by molar-refractivity contribution is 0.278. The summed E-state index contributed by atoms with van der Waals surface area (Å²) < 4.78 is 0. The molecule has 1 heterocycles. The Bertz CT molecular complexity index is 384. The van der Waals surface area contributed by atoms with Crippen LogP contribution in [0.2, 0.25) is 0 Å². The quantitative estimate of drug-likeness (QED) is 0.607. The zero-order valence-corrected chi connectivity index (χ0v) is 13.2. The second-order valence-electron chi connectivity index (χ2n) is 5.44. The number of hydrogen-bond acceptors (Lipinski definition) is 2. The van der Waals surface area contributed by atoms with E-state index in [1.54, 1.807) is 0 Å². The van der Waals surface area contributed by atoms with Crippen molar-refractivity contribution in [1.29, 1.82) is 0 Å². The zero-order valence-electron chi connectivity index (χ0n) is 12.4. The van der Waals surface area contributed by atoms with E-state index in [0.717, 1.165) is 24.0 Å². The summed E-state index contributed by atoms with van der Waals surface area (Å²) in [5.41, 5.74) is 1.33. The van der Waals surface area contributed by atoms with Gasteiger partial charge < -0.3 is 4.84 Å². The minimum absolute atomic E-state index is 0.145. The molecule has 1 fully saturated rings. The fraction of sp³-hybridized carbons (Fsp3) is 0.625. The van der Waals surface area contributed by atoms with Crippen LogP contribution in [0.1, 0.15) is 39.2 Å². The van der Waals surface area contributed by atoms with Gasteiger partial charge in [0.15, 0.2) is 0 Å². The molecule has 1 aliphatic rings. The molecule has 2 rings (SSSR count). The topological polar surface area (TPSA) is 21.3 Å². The van der Waals surface area contributed by atoms with Gasteiger partial charge in [-0.2, -0.15) is 0 Å². The van der Waals surface area contributed by atoms with Crippen molar-refractivity contribution in [3.05, 3.63) is 29.8 Å². The molecule has 2 atom stereocenters. The van der Waals surface area contributed by atoms with Crippen LogP contribution in [0.5, 0.6) is 5.75 Å². The van der Waals surface area contributed by atoms with Gasteiger partial charge in [0.2, 0.25) is 0 Å². The van der Waals surface area contributed by atoms with Crippen LogP contribution in [0.25, 0.3) is 0 Å². The number of nitrogens with one attached hydrogen (secondary N) is 1. The molecule has 19 heavy (non-hydrogen) atoms. The lowest BCUT2D eigenvalue weighted by atomic mass is 9.92. The molecule has 0 saturated carbocycles. The first kappa shape index (κ1) is 14.8. The summed E-state index contributed by atoms with van der Waals surface area (Å²) in [6.45, 7) is 6.81. The molecule has 0 radical (unpaired) electrons. The SMILES string of the molecule is CCc1cccc(ONP2CC(CC)C(CC)C2)c1. The van der Waals surface area contributed by atoms with Gasteiger partial charge >= 0.3 is 0 Å². The summed E-state index contributed by atoms with van der Waals surface area (Å²) in [5.74, 6) is 2.75. The van der Waals surface area contributed by atoms with E-state index in [1.807, 2.05) is 6.07 Å². The van der Waals surface area contributed by atoms with E-state index >= 15 is 0 Å². The fourth-order valence-corrected chi connectivity index (χ4v) is 5.66. The molecule has 0 aromatic heterocycles. The highest BCUT2D eigenvalue weighted by molar-refractivity contribution is 7.55. The summed E-state index contributed by atoms with van der Waals surface area (Å²) in [4.78, 5) is 5.80. The molecule has 0 spiro atoms. The van der Waals surface area contributed by atoms with Crippen LogP contribution in [0, 0.1) is 11.8 Å². The van der Waals surface area contributed by atoms with Crippen molar-refractivity contribution in [1.82, 2.24) is 5.25 Å². The highest BCUT2D eigenvalue weighted by atomic mass is 31.1. The van der Waals surface area contributed by atoms with Crippen LogP contribution in [-0.4, -0.2) is 12.3 Å². The first-order chi connectivity index (χ1) is 9.26. The van der Waals surface area contributed by atoms with E-state index < -0.39 is 0 Å². The van der Waals surface area contributed by atoms with Crippen molar-refractivity contribution in [2.75, 3.05) is 12.3 Å². The van der Waals surface area contributed by atoms with Crippen LogP contribution in [0.15, 0.2) is 24.3 Å². The highest BCUT2D eigenvalue weighted by Crippen LogP contribution is 2.48. The Hall–Kier alpha value is -0.590. The molecule has 1 saturated heterocycles. The minimum atomic E-state index is -0.145. The van der Waals surface area contributed by atoms with Crippen molar-refractivity contribution in [2.45, 2.75) is 40.0 Å². The van der Waals surface area contributed by atoms with Gasteiger partial charge in [0.05, 0.1) is 0 Å². The molecule has 1 N–H and O–H groups in total. The number of hydrogen-bond donors (Lipinski definition) is 1. The monoisotopic (exact) mass is 279 g/mol. The Morgan fingerprint density at radius 3 is 2.42 bits per heavy atom. The average Bonchev–Trinajstić information content (AvgIpc) is 2.87. The molecular formula is C16H26NOP. The third-order valence-electron chi connectivity index (χ3n) is 4.22. The van der Waals surface area contributed by atoms with Crippen molar-refractivity contribution in [2.24, 2.45) is 11.8 Å². The normalized spacial score (nSPS) is 26.6. The zero-order chi connectivity index (χ0) is 13.7. The third-order valence-corrected chi connectivity index (χ3v) is 6.39. The van der Waals surface area contributed by atoms with Crippen molar-refractivity contribution < 1.29 is 4.84 Å². The van der Waals surface area contributed by atoms with E-state index in [1.165, 1.54) is 30.7 Å². The molecule has 2 nitrogen and oxygen atoms in total. The summed E-state index contributed by atoms with van der Waals surface area (Å²) in [5, 5.41) is 3.34. The van der Waals surface area contributed by atoms with Gasteiger partial charge in [-0.05, 0) is 48.3 Å². The van der Waals surface area contributed by atoms with Gasteiger partial charge in [0.25, 0.3) is 0 Å². The van der Waals surface area contributed by atoms with Crippen molar-refractivity contribution in [3.8, 4) is 5.75 Å². The maximum Gasteiger partial charge on any atom is 0.147 e. The number of benzene rings is 1. The average molecular weight is 279 g/mol. The van der Waals surface area contributed by atoms with Crippen molar-refractivity contribution in [3.63, 3.8) is 0 Å². The predicted octanol–water partition coefficient (Wildman–Crippen LogP) is 4.60. The van der Waals surface area contributed by atoms with Crippen LogP contribution < -0.4 is 10.1 Å². The largest absolute Gasteiger partial charge is 0.405 e. The van der Waals surface area contributed by atoms with Gasteiger partial charge in [-0.25, -0.2) is 0 Å². The van der Waals surface area contributed by atoms with E-state index in [9.17, 15) is 0 Å². The van der Waals surface area contributed by atoms with Crippen LogP contribution in [-0.2, 0) is 6.42 Å².